The fourth-order valence-electron chi connectivity index (χ4n) is 7.40. The Morgan fingerprint density at radius 2 is 1.06 bits per heavy atom. The molecule has 7 aromatic rings. The van der Waals surface area contributed by atoms with Gasteiger partial charge >= 0.3 is 7.12 Å². The number of para-hydroxylation sites is 2. The molecule has 51 heavy (non-hydrogen) atoms. The highest BCUT2D eigenvalue weighted by molar-refractivity contribution is 6.65. The zero-order chi connectivity index (χ0) is 36.1. The van der Waals surface area contributed by atoms with Crippen molar-refractivity contribution in [1.82, 2.24) is 14.1 Å². The molecular weight excluding hydrogens is 625 g/mol. The molecule has 0 spiro atoms. The number of fused-ring (bicyclic) bond motifs is 4. The fraction of sp³-hybridized carbons (Fsp3) is 0.311. The molecule has 2 aromatic heterocycles. The number of imidazole rings is 1. The predicted octanol–water partition coefficient (Wildman–Crippen LogP) is 10.7. The van der Waals surface area contributed by atoms with Crippen LogP contribution in [0.15, 0.2) is 109 Å². The van der Waals surface area contributed by atoms with Crippen LogP contribution in [0.25, 0.3) is 55.6 Å². The maximum absolute atomic E-state index is 6.97. The lowest BCUT2D eigenvalue weighted by molar-refractivity contribution is 0.00578. The molecule has 0 amide bonds. The fourth-order valence-corrected chi connectivity index (χ4v) is 7.40. The van der Waals surface area contributed by atoms with Gasteiger partial charge in [0.15, 0.2) is 0 Å². The number of hydrogen-bond donors (Lipinski definition) is 0. The number of nitrogens with zero attached hydrogens (tertiary/aromatic N) is 3. The van der Waals surface area contributed by atoms with Gasteiger partial charge in [-0.2, -0.15) is 0 Å². The molecule has 8 rings (SSSR count). The first-order valence-electron chi connectivity index (χ1n) is 18.2. The third-order valence-electron chi connectivity index (χ3n) is 11.1. The van der Waals surface area contributed by atoms with E-state index in [0.717, 1.165) is 50.3 Å². The Morgan fingerprint density at radius 1 is 0.549 bits per heavy atom. The Bertz CT molecular complexity index is 2370. The monoisotopic (exact) mass is 673 g/mol. The average Bonchev–Trinajstić information content (AvgIpc) is 3.69. The second kappa shape index (κ2) is 11.4. The normalized spacial score (nSPS) is 16.2. The van der Waals surface area contributed by atoms with Gasteiger partial charge in [0.25, 0.3) is 0 Å². The summed E-state index contributed by atoms with van der Waals surface area (Å²) in [6.07, 6.45) is 0. The van der Waals surface area contributed by atoms with E-state index in [-0.39, 0.29) is 10.8 Å². The van der Waals surface area contributed by atoms with E-state index < -0.39 is 18.3 Å². The molecule has 6 heteroatoms. The van der Waals surface area contributed by atoms with Crippen molar-refractivity contribution in [1.29, 1.82) is 0 Å². The summed E-state index contributed by atoms with van der Waals surface area (Å²) in [6.45, 7) is 22.2. The molecule has 5 aromatic carbocycles. The summed E-state index contributed by atoms with van der Waals surface area (Å²) < 4.78 is 18.7. The molecule has 0 N–H and O–H groups in total. The Kier molecular flexibility index (Phi) is 7.51. The lowest BCUT2D eigenvalue weighted by Gasteiger charge is -2.32. The Morgan fingerprint density at radius 3 is 1.61 bits per heavy atom. The van der Waals surface area contributed by atoms with E-state index in [4.69, 9.17) is 14.3 Å². The molecule has 0 aliphatic carbocycles. The van der Waals surface area contributed by atoms with Crippen LogP contribution in [0, 0.1) is 0 Å². The number of aromatic nitrogens is 3. The van der Waals surface area contributed by atoms with Gasteiger partial charge in [0, 0.05) is 33.2 Å². The van der Waals surface area contributed by atoms with E-state index in [2.05, 4.69) is 181 Å². The third kappa shape index (κ3) is 5.43. The van der Waals surface area contributed by atoms with Crippen molar-refractivity contribution in [2.45, 2.75) is 91.3 Å². The highest BCUT2D eigenvalue weighted by Crippen LogP contribution is 2.41. The lowest BCUT2D eigenvalue weighted by atomic mass is 9.76. The molecule has 1 fully saturated rings. The average molecular weight is 674 g/mol. The van der Waals surface area contributed by atoms with Crippen LogP contribution in [-0.4, -0.2) is 32.4 Å². The zero-order valence-corrected chi connectivity index (χ0v) is 31.6. The third-order valence-corrected chi connectivity index (χ3v) is 11.1. The van der Waals surface area contributed by atoms with Gasteiger partial charge in [0.1, 0.15) is 5.82 Å². The minimum atomic E-state index is -0.638. The highest BCUT2D eigenvalue weighted by atomic mass is 16.7. The first-order chi connectivity index (χ1) is 24.0. The Balaban J connectivity index is 1.50. The van der Waals surface area contributed by atoms with Gasteiger partial charge in [0.05, 0.1) is 33.3 Å². The predicted molar refractivity (Wildman–Crippen MR) is 214 cm³/mol. The van der Waals surface area contributed by atoms with Gasteiger partial charge in [-0.3, -0.25) is 4.57 Å². The van der Waals surface area contributed by atoms with E-state index in [1.54, 1.807) is 0 Å². The first kappa shape index (κ1) is 33.5. The van der Waals surface area contributed by atoms with Gasteiger partial charge in [-0.05, 0) is 98.2 Å². The summed E-state index contributed by atoms with van der Waals surface area (Å²) in [6, 6.07) is 39.4. The van der Waals surface area contributed by atoms with Gasteiger partial charge in [-0.1, -0.05) is 102 Å². The van der Waals surface area contributed by atoms with Crippen LogP contribution in [0.1, 0.15) is 80.4 Å². The molecule has 1 aliphatic rings. The van der Waals surface area contributed by atoms with Crippen molar-refractivity contribution in [3.63, 3.8) is 0 Å². The van der Waals surface area contributed by atoms with Crippen LogP contribution < -0.4 is 5.46 Å². The first-order valence-corrected chi connectivity index (χ1v) is 18.2. The molecule has 0 bridgehead atoms. The van der Waals surface area contributed by atoms with Crippen LogP contribution in [0.4, 0.5) is 0 Å². The van der Waals surface area contributed by atoms with Crippen molar-refractivity contribution in [3.05, 3.63) is 120 Å². The van der Waals surface area contributed by atoms with E-state index in [1.165, 1.54) is 21.9 Å². The highest BCUT2D eigenvalue weighted by Gasteiger charge is 2.53. The molecule has 5 nitrogen and oxygen atoms in total. The van der Waals surface area contributed by atoms with E-state index in [9.17, 15) is 0 Å². The number of rotatable bonds is 4. The lowest BCUT2D eigenvalue weighted by Crippen LogP contribution is -2.41. The summed E-state index contributed by atoms with van der Waals surface area (Å²) in [5.41, 5.74) is 9.84. The van der Waals surface area contributed by atoms with Crippen molar-refractivity contribution in [3.8, 4) is 22.8 Å². The smallest absolute Gasteiger partial charge is 0.399 e. The van der Waals surface area contributed by atoms with E-state index in [1.807, 2.05) is 6.07 Å². The van der Waals surface area contributed by atoms with Crippen LogP contribution >= 0.6 is 0 Å². The van der Waals surface area contributed by atoms with E-state index in [0.29, 0.717) is 0 Å². The molecule has 3 heterocycles. The van der Waals surface area contributed by atoms with Crippen molar-refractivity contribution in [2.24, 2.45) is 0 Å². The molecule has 1 aliphatic heterocycles. The summed E-state index contributed by atoms with van der Waals surface area (Å²) in [5.74, 6) is 0.874. The minimum absolute atomic E-state index is 0.00827. The van der Waals surface area contributed by atoms with Crippen LogP contribution in [0.5, 0.6) is 0 Å². The number of benzene rings is 5. The summed E-state index contributed by atoms with van der Waals surface area (Å²) in [4.78, 5) is 5.22. The van der Waals surface area contributed by atoms with Crippen LogP contribution in [0.3, 0.4) is 0 Å². The Hall–Kier alpha value is -4.65. The SMILES string of the molecule is CC(C)(C)c1ccc2c(c1)c1cc(C(C)(C)C)ccc1n2-c1cccc(-n2c(-c3ccccc3)nc3ccccc32)c1B1OC(C)(C)C(C)(C)O1. The van der Waals surface area contributed by atoms with Gasteiger partial charge in [-0.15, -0.1) is 0 Å². The van der Waals surface area contributed by atoms with E-state index >= 15 is 0 Å². The molecule has 1 saturated heterocycles. The quantitative estimate of drug-likeness (QED) is 0.175. The summed E-state index contributed by atoms with van der Waals surface area (Å²) in [7, 11) is -0.638. The number of hydrogen-bond acceptors (Lipinski definition) is 3. The standard InChI is InChI=1S/C45H48BN3O2/c1-42(2,3)30-23-25-35-32(27-30)33-28-31(43(4,5)6)24-26-36(33)48(35)38-21-16-22-39(40(38)46-50-44(7,8)45(9,10)51-46)49-37-20-15-14-19-34(37)47-41(49)29-17-12-11-13-18-29/h11-28H,1-10H3. The Labute approximate surface area is 302 Å². The summed E-state index contributed by atoms with van der Waals surface area (Å²) in [5, 5.41) is 2.48. The molecular formula is C45H48BN3O2. The molecule has 0 unspecified atom stereocenters. The molecule has 0 atom stereocenters. The van der Waals surface area contributed by atoms with Crippen LogP contribution in [0.2, 0.25) is 0 Å². The maximum atomic E-state index is 6.97. The minimum Gasteiger partial charge on any atom is -0.399 e. The summed E-state index contributed by atoms with van der Waals surface area (Å²) >= 11 is 0. The molecule has 0 saturated carbocycles. The second-order valence-corrected chi connectivity index (χ2v) is 17.2. The maximum Gasteiger partial charge on any atom is 0.499 e. The van der Waals surface area contributed by atoms with Gasteiger partial charge in [-0.25, -0.2) is 4.98 Å². The zero-order valence-electron chi connectivity index (χ0n) is 31.6. The van der Waals surface area contributed by atoms with Crippen LogP contribution in [-0.2, 0) is 20.1 Å². The topological polar surface area (TPSA) is 41.2 Å². The van der Waals surface area contributed by atoms with Crippen molar-refractivity contribution >= 4 is 45.4 Å². The van der Waals surface area contributed by atoms with Crippen molar-refractivity contribution < 1.29 is 9.31 Å². The molecule has 0 radical (unpaired) electrons. The molecule has 258 valence electrons. The second-order valence-electron chi connectivity index (χ2n) is 17.2. The van der Waals surface area contributed by atoms with Gasteiger partial charge < -0.3 is 13.9 Å². The largest absolute Gasteiger partial charge is 0.499 e. The van der Waals surface area contributed by atoms with Gasteiger partial charge in [0.2, 0.25) is 0 Å². The van der Waals surface area contributed by atoms with Crippen molar-refractivity contribution in [2.75, 3.05) is 0 Å².